The fourth-order valence-corrected chi connectivity index (χ4v) is 3.46. The molecule has 7 heteroatoms. The summed E-state index contributed by atoms with van der Waals surface area (Å²) in [6.07, 6.45) is 2.57. The number of phenols is 1. The van der Waals surface area contributed by atoms with Gasteiger partial charge in [0.1, 0.15) is 5.75 Å². The number of aliphatic hydroxyl groups is 1. The molecule has 3 rings (SSSR count). The van der Waals surface area contributed by atoms with Gasteiger partial charge in [-0.05, 0) is 60.5 Å². The van der Waals surface area contributed by atoms with E-state index >= 15 is 0 Å². The highest BCUT2D eigenvalue weighted by molar-refractivity contribution is 6.30. The Kier molecular flexibility index (Phi) is 8.99. The molecule has 3 aromatic carbocycles. The van der Waals surface area contributed by atoms with Crippen LogP contribution in [0.1, 0.15) is 40.9 Å². The number of carbonyl (C=O) groups excluding carboxylic acids is 2. The number of phenolic OH excluding ortho intramolecular Hbond substituents is 1. The molecular formula is C27H27ClN2O4. The lowest BCUT2D eigenvalue weighted by Crippen LogP contribution is -2.33. The largest absolute Gasteiger partial charge is 0.508 e. The van der Waals surface area contributed by atoms with E-state index in [4.69, 9.17) is 11.6 Å². The molecule has 0 bridgehead atoms. The van der Waals surface area contributed by atoms with E-state index in [0.717, 1.165) is 5.56 Å². The standard InChI is InChI=1S/C27H27ClN2O4/c1-18(27(34)20-8-12-24(31)13-9-20)29-16-15-25(32)21-3-2-4-23(17-21)30-26(33)14-7-19-5-10-22(28)11-6-19/h2-14,17-18,27,29,31,34H,15-16H2,1H3,(H,30,33)/b14-7+. The molecule has 0 heterocycles. The maximum atomic E-state index is 12.6. The smallest absolute Gasteiger partial charge is 0.248 e. The fraction of sp³-hybridized carbons (Fsp3) is 0.185. The Labute approximate surface area is 203 Å². The van der Waals surface area contributed by atoms with E-state index in [0.29, 0.717) is 28.4 Å². The summed E-state index contributed by atoms with van der Waals surface area (Å²) < 4.78 is 0. The number of aliphatic hydroxyl groups excluding tert-OH is 1. The zero-order valence-corrected chi connectivity index (χ0v) is 19.5. The van der Waals surface area contributed by atoms with Crippen LogP contribution in [0.4, 0.5) is 5.69 Å². The molecule has 0 aliphatic carbocycles. The number of nitrogens with one attached hydrogen (secondary N) is 2. The summed E-state index contributed by atoms with van der Waals surface area (Å²) in [6.45, 7) is 2.21. The average molecular weight is 479 g/mol. The summed E-state index contributed by atoms with van der Waals surface area (Å²) in [5.41, 5.74) is 2.55. The normalized spacial score (nSPS) is 12.9. The second-order valence-electron chi connectivity index (χ2n) is 7.91. The van der Waals surface area contributed by atoms with Crippen molar-refractivity contribution < 1.29 is 19.8 Å². The van der Waals surface area contributed by atoms with Gasteiger partial charge in [0.05, 0.1) is 6.10 Å². The number of carbonyl (C=O) groups is 2. The van der Waals surface area contributed by atoms with Gasteiger partial charge in [-0.25, -0.2) is 0 Å². The minimum atomic E-state index is -0.768. The molecular weight excluding hydrogens is 452 g/mol. The molecule has 0 radical (unpaired) electrons. The Morgan fingerprint density at radius 2 is 1.74 bits per heavy atom. The molecule has 2 unspecified atom stereocenters. The van der Waals surface area contributed by atoms with Gasteiger partial charge in [-0.2, -0.15) is 0 Å². The molecule has 0 spiro atoms. The van der Waals surface area contributed by atoms with Crippen LogP contribution in [-0.2, 0) is 4.79 Å². The number of Topliss-reactive ketones (excluding diaryl/α,β-unsaturated/α-hetero) is 1. The second-order valence-corrected chi connectivity index (χ2v) is 8.34. The summed E-state index contributed by atoms with van der Waals surface area (Å²) in [4.78, 5) is 24.8. The highest BCUT2D eigenvalue weighted by Gasteiger charge is 2.16. The predicted octanol–water partition coefficient (Wildman–Crippen LogP) is 4.98. The van der Waals surface area contributed by atoms with Crippen LogP contribution in [0.3, 0.4) is 0 Å². The van der Waals surface area contributed by atoms with E-state index < -0.39 is 6.10 Å². The van der Waals surface area contributed by atoms with Crippen molar-refractivity contribution in [1.29, 1.82) is 0 Å². The van der Waals surface area contributed by atoms with Crippen LogP contribution in [0.25, 0.3) is 6.08 Å². The highest BCUT2D eigenvalue weighted by atomic mass is 35.5. The molecule has 1 amide bonds. The van der Waals surface area contributed by atoms with Crippen molar-refractivity contribution in [1.82, 2.24) is 5.32 Å². The van der Waals surface area contributed by atoms with E-state index in [2.05, 4.69) is 10.6 Å². The van der Waals surface area contributed by atoms with E-state index in [1.165, 1.54) is 18.2 Å². The Balaban J connectivity index is 1.49. The summed E-state index contributed by atoms with van der Waals surface area (Å²) >= 11 is 5.86. The van der Waals surface area contributed by atoms with Crippen molar-refractivity contribution in [2.45, 2.75) is 25.5 Å². The van der Waals surface area contributed by atoms with Gasteiger partial charge < -0.3 is 20.8 Å². The summed E-state index contributed by atoms with van der Waals surface area (Å²) in [5.74, 6) is -0.247. The third-order valence-corrected chi connectivity index (χ3v) is 5.53. The zero-order valence-electron chi connectivity index (χ0n) is 18.7. The van der Waals surface area contributed by atoms with Gasteiger partial charge >= 0.3 is 0 Å². The Morgan fingerprint density at radius 1 is 1.03 bits per heavy atom. The molecule has 4 N–H and O–H groups in total. The first-order valence-electron chi connectivity index (χ1n) is 10.9. The number of rotatable bonds is 10. The molecule has 176 valence electrons. The van der Waals surface area contributed by atoms with Gasteiger partial charge in [0.15, 0.2) is 5.78 Å². The number of benzene rings is 3. The maximum Gasteiger partial charge on any atom is 0.248 e. The molecule has 6 nitrogen and oxygen atoms in total. The Morgan fingerprint density at radius 3 is 2.44 bits per heavy atom. The van der Waals surface area contributed by atoms with Crippen molar-refractivity contribution in [3.63, 3.8) is 0 Å². The van der Waals surface area contributed by atoms with Crippen LogP contribution < -0.4 is 10.6 Å². The number of hydrogen-bond acceptors (Lipinski definition) is 5. The maximum absolute atomic E-state index is 12.6. The zero-order chi connectivity index (χ0) is 24.5. The van der Waals surface area contributed by atoms with Crippen LogP contribution in [0.2, 0.25) is 5.02 Å². The van der Waals surface area contributed by atoms with Crippen LogP contribution >= 0.6 is 11.6 Å². The van der Waals surface area contributed by atoms with Crippen LogP contribution in [-0.4, -0.2) is 34.5 Å². The lowest BCUT2D eigenvalue weighted by Gasteiger charge is -2.20. The molecule has 0 aromatic heterocycles. The number of hydrogen-bond donors (Lipinski definition) is 4. The third-order valence-electron chi connectivity index (χ3n) is 5.28. The van der Waals surface area contributed by atoms with E-state index in [1.54, 1.807) is 54.6 Å². The Hall–Kier alpha value is -3.45. The van der Waals surface area contributed by atoms with Gasteiger partial charge in [0, 0.05) is 41.4 Å². The molecule has 0 aliphatic rings. The fourth-order valence-electron chi connectivity index (χ4n) is 3.33. The van der Waals surface area contributed by atoms with Crippen molar-refractivity contribution in [3.8, 4) is 5.75 Å². The van der Waals surface area contributed by atoms with Crippen molar-refractivity contribution in [2.24, 2.45) is 0 Å². The van der Waals surface area contributed by atoms with Gasteiger partial charge in [0.25, 0.3) is 0 Å². The number of anilines is 1. The third kappa shape index (κ3) is 7.56. The number of aromatic hydroxyl groups is 1. The first-order chi connectivity index (χ1) is 16.3. The lowest BCUT2D eigenvalue weighted by molar-refractivity contribution is -0.111. The van der Waals surface area contributed by atoms with Gasteiger partial charge in [0.2, 0.25) is 5.91 Å². The van der Waals surface area contributed by atoms with Gasteiger partial charge in [-0.15, -0.1) is 0 Å². The highest BCUT2D eigenvalue weighted by Crippen LogP contribution is 2.20. The minimum Gasteiger partial charge on any atom is -0.508 e. The molecule has 0 fully saturated rings. The van der Waals surface area contributed by atoms with Crippen molar-refractivity contribution >= 4 is 35.1 Å². The topological polar surface area (TPSA) is 98.7 Å². The van der Waals surface area contributed by atoms with E-state index in [1.807, 2.05) is 19.1 Å². The van der Waals surface area contributed by atoms with Crippen molar-refractivity contribution in [2.75, 3.05) is 11.9 Å². The van der Waals surface area contributed by atoms with Crippen LogP contribution in [0.5, 0.6) is 5.75 Å². The molecule has 3 aromatic rings. The van der Waals surface area contributed by atoms with Gasteiger partial charge in [-0.1, -0.05) is 48.0 Å². The van der Waals surface area contributed by atoms with Crippen LogP contribution in [0, 0.1) is 0 Å². The van der Waals surface area contributed by atoms with Gasteiger partial charge in [-0.3, -0.25) is 9.59 Å². The molecule has 0 saturated heterocycles. The molecule has 34 heavy (non-hydrogen) atoms. The quantitative estimate of drug-likeness (QED) is 0.243. The average Bonchev–Trinajstić information content (AvgIpc) is 2.83. The lowest BCUT2D eigenvalue weighted by atomic mass is 10.0. The minimum absolute atomic E-state index is 0.0772. The predicted molar refractivity (Wildman–Crippen MR) is 135 cm³/mol. The van der Waals surface area contributed by atoms with Crippen LogP contribution in [0.15, 0.2) is 78.9 Å². The first-order valence-corrected chi connectivity index (χ1v) is 11.3. The molecule has 2 atom stereocenters. The molecule has 0 saturated carbocycles. The van der Waals surface area contributed by atoms with Crippen molar-refractivity contribution in [3.05, 3.63) is 101 Å². The monoisotopic (exact) mass is 478 g/mol. The second kappa shape index (κ2) is 12.1. The number of ketones is 1. The Bertz CT molecular complexity index is 1140. The summed E-state index contributed by atoms with van der Waals surface area (Å²) in [6, 6.07) is 20.0. The molecule has 0 aliphatic heterocycles. The van der Waals surface area contributed by atoms with E-state index in [-0.39, 0.29) is 29.9 Å². The summed E-state index contributed by atoms with van der Waals surface area (Å²) in [5, 5.41) is 26.3. The van der Waals surface area contributed by atoms with E-state index in [9.17, 15) is 19.8 Å². The number of amides is 1. The number of halogens is 1. The summed E-state index contributed by atoms with van der Waals surface area (Å²) in [7, 11) is 0. The SMILES string of the molecule is CC(NCCC(=O)c1cccc(NC(=O)/C=C/c2ccc(Cl)cc2)c1)C(O)c1ccc(O)cc1. The first kappa shape index (κ1) is 25.2.